The molecule has 1 saturated heterocycles. The van der Waals surface area contributed by atoms with Crippen molar-refractivity contribution < 1.29 is 18.3 Å². The average Bonchev–Trinajstić information content (AvgIpc) is 2.56. The molecule has 0 saturated carbocycles. The Hall–Kier alpha value is -1.98. The fraction of sp³-hybridized carbons (Fsp3) is 0.333. The van der Waals surface area contributed by atoms with Gasteiger partial charge in [-0.05, 0) is 34.9 Å². The summed E-state index contributed by atoms with van der Waals surface area (Å²) < 4.78 is 34.1. The molecule has 0 aliphatic carbocycles. The SMILES string of the molecule is FC(F)Oc1ccc(-c2cccc(CN3CCOCC3)c2)cc1. The van der Waals surface area contributed by atoms with E-state index in [0.717, 1.165) is 44.0 Å². The number of alkyl halides is 2. The number of benzene rings is 2. The van der Waals surface area contributed by atoms with Gasteiger partial charge in [0.2, 0.25) is 0 Å². The van der Waals surface area contributed by atoms with Gasteiger partial charge in [0.15, 0.2) is 0 Å². The molecule has 0 aromatic heterocycles. The van der Waals surface area contributed by atoms with Gasteiger partial charge in [0, 0.05) is 19.6 Å². The van der Waals surface area contributed by atoms with E-state index in [-0.39, 0.29) is 5.75 Å². The summed E-state index contributed by atoms with van der Waals surface area (Å²) in [6.07, 6.45) is 0. The lowest BCUT2D eigenvalue weighted by Gasteiger charge is -2.26. The van der Waals surface area contributed by atoms with Crippen LogP contribution in [0.25, 0.3) is 11.1 Å². The van der Waals surface area contributed by atoms with Crippen LogP contribution in [-0.2, 0) is 11.3 Å². The Kier molecular flexibility index (Phi) is 5.20. The highest BCUT2D eigenvalue weighted by atomic mass is 19.3. The van der Waals surface area contributed by atoms with Crippen LogP contribution in [0.15, 0.2) is 48.5 Å². The van der Waals surface area contributed by atoms with Crippen LogP contribution in [0, 0.1) is 0 Å². The van der Waals surface area contributed by atoms with E-state index in [1.807, 2.05) is 12.1 Å². The molecule has 0 atom stereocenters. The molecule has 0 bridgehead atoms. The van der Waals surface area contributed by atoms with Crippen molar-refractivity contribution in [2.45, 2.75) is 13.2 Å². The van der Waals surface area contributed by atoms with Crippen molar-refractivity contribution in [3.63, 3.8) is 0 Å². The summed E-state index contributed by atoms with van der Waals surface area (Å²) >= 11 is 0. The number of nitrogens with zero attached hydrogens (tertiary/aromatic N) is 1. The van der Waals surface area contributed by atoms with Gasteiger partial charge < -0.3 is 9.47 Å². The van der Waals surface area contributed by atoms with Crippen LogP contribution >= 0.6 is 0 Å². The summed E-state index contributed by atoms with van der Waals surface area (Å²) in [4.78, 5) is 2.36. The van der Waals surface area contributed by atoms with Gasteiger partial charge in [-0.1, -0.05) is 30.3 Å². The summed E-state index contributed by atoms with van der Waals surface area (Å²) in [5, 5.41) is 0. The quantitative estimate of drug-likeness (QED) is 0.837. The lowest BCUT2D eigenvalue weighted by Crippen LogP contribution is -2.35. The Balaban J connectivity index is 1.71. The van der Waals surface area contributed by atoms with Gasteiger partial charge in [0.25, 0.3) is 0 Å². The third-order valence-corrected chi connectivity index (χ3v) is 3.85. The van der Waals surface area contributed by atoms with Crippen molar-refractivity contribution in [1.82, 2.24) is 4.90 Å². The first-order chi connectivity index (χ1) is 11.2. The van der Waals surface area contributed by atoms with E-state index in [2.05, 4.69) is 21.8 Å². The minimum atomic E-state index is -2.79. The highest BCUT2D eigenvalue weighted by molar-refractivity contribution is 5.64. The molecule has 0 radical (unpaired) electrons. The first-order valence-electron chi connectivity index (χ1n) is 7.65. The zero-order valence-electron chi connectivity index (χ0n) is 12.8. The summed E-state index contributed by atoms with van der Waals surface area (Å²) in [7, 11) is 0. The molecule has 3 rings (SSSR count). The van der Waals surface area contributed by atoms with Crippen molar-refractivity contribution >= 4 is 0 Å². The second kappa shape index (κ2) is 7.53. The van der Waals surface area contributed by atoms with Gasteiger partial charge in [0.1, 0.15) is 5.75 Å². The zero-order chi connectivity index (χ0) is 16.1. The first kappa shape index (κ1) is 15.9. The fourth-order valence-electron chi connectivity index (χ4n) is 2.70. The smallest absolute Gasteiger partial charge is 0.387 e. The van der Waals surface area contributed by atoms with Crippen LogP contribution in [0.1, 0.15) is 5.56 Å². The van der Waals surface area contributed by atoms with E-state index in [4.69, 9.17) is 4.74 Å². The number of halogens is 2. The molecule has 23 heavy (non-hydrogen) atoms. The van der Waals surface area contributed by atoms with E-state index in [1.165, 1.54) is 5.56 Å². The molecular weight excluding hydrogens is 300 g/mol. The topological polar surface area (TPSA) is 21.7 Å². The summed E-state index contributed by atoms with van der Waals surface area (Å²) in [6.45, 7) is 1.56. The van der Waals surface area contributed by atoms with Crippen molar-refractivity contribution in [3.8, 4) is 16.9 Å². The first-order valence-corrected chi connectivity index (χ1v) is 7.65. The van der Waals surface area contributed by atoms with Crippen LogP contribution in [0.2, 0.25) is 0 Å². The van der Waals surface area contributed by atoms with E-state index in [0.29, 0.717) is 0 Å². The predicted molar refractivity (Wildman–Crippen MR) is 84.6 cm³/mol. The average molecular weight is 319 g/mol. The molecule has 1 aliphatic heterocycles. The number of rotatable bonds is 5. The Labute approximate surface area is 134 Å². The predicted octanol–water partition coefficient (Wildman–Crippen LogP) is 3.79. The Morgan fingerprint density at radius 1 is 1.00 bits per heavy atom. The van der Waals surface area contributed by atoms with Gasteiger partial charge in [-0.3, -0.25) is 4.90 Å². The van der Waals surface area contributed by atoms with Crippen LogP contribution in [-0.4, -0.2) is 37.8 Å². The Morgan fingerprint density at radius 3 is 2.43 bits per heavy atom. The van der Waals surface area contributed by atoms with Crippen molar-refractivity contribution in [2.75, 3.05) is 26.3 Å². The maximum atomic E-state index is 12.2. The maximum absolute atomic E-state index is 12.2. The molecule has 0 N–H and O–H groups in total. The molecule has 0 spiro atoms. The number of hydrogen-bond acceptors (Lipinski definition) is 3. The third-order valence-electron chi connectivity index (χ3n) is 3.85. The molecule has 2 aromatic rings. The van der Waals surface area contributed by atoms with Gasteiger partial charge in [0.05, 0.1) is 13.2 Å². The normalized spacial score (nSPS) is 15.8. The van der Waals surface area contributed by atoms with E-state index < -0.39 is 6.61 Å². The van der Waals surface area contributed by atoms with Gasteiger partial charge in [-0.25, -0.2) is 0 Å². The minimum Gasteiger partial charge on any atom is -0.435 e. The molecule has 1 aliphatic rings. The number of hydrogen-bond donors (Lipinski definition) is 0. The molecule has 3 nitrogen and oxygen atoms in total. The minimum absolute atomic E-state index is 0.174. The largest absolute Gasteiger partial charge is 0.435 e. The summed E-state index contributed by atoms with van der Waals surface area (Å²) in [6, 6.07) is 15.0. The zero-order valence-corrected chi connectivity index (χ0v) is 12.8. The highest BCUT2D eigenvalue weighted by Crippen LogP contribution is 2.24. The van der Waals surface area contributed by atoms with Crippen molar-refractivity contribution in [2.24, 2.45) is 0 Å². The van der Waals surface area contributed by atoms with Crippen LogP contribution in [0.4, 0.5) is 8.78 Å². The molecule has 0 amide bonds. The standard InChI is InChI=1S/C18H19F2NO2/c19-18(20)23-17-6-4-15(5-7-17)16-3-1-2-14(12-16)13-21-8-10-22-11-9-21/h1-7,12,18H,8-11,13H2. The van der Waals surface area contributed by atoms with Crippen molar-refractivity contribution in [1.29, 1.82) is 0 Å². The van der Waals surface area contributed by atoms with Crippen LogP contribution in [0.5, 0.6) is 5.75 Å². The van der Waals surface area contributed by atoms with Gasteiger partial charge >= 0.3 is 6.61 Å². The second-order valence-electron chi connectivity index (χ2n) is 5.49. The Bertz CT molecular complexity index is 625. The van der Waals surface area contributed by atoms with Gasteiger partial charge in [-0.2, -0.15) is 8.78 Å². The van der Waals surface area contributed by atoms with E-state index in [1.54, 1.807) is 24.3 Å². The highest BCUT2D eigenvalue weighted by Gasteiger charge is 2.11. The lowest BCUT2D eigenvalue weighted by molar-refractivity contribution is -0.0498. The number of ether oxygens (including phenoxy) is 2. The molecule has 0 unspecified atom stereocenters. The molecule has 2 aromatic carbocycles. The fourth-order valence-corrected chi connectivity index (χ4v) is 2.70. The number of morpholine rings is 1. The van der Waals surface area contributed by atoms with Gasteiger partial charge in [-0.15, -0.1) is 0 Å². The van der Waals surface area contributed by atoms with Crippen LogP contribution < -0.4 is 4.74 Å². The van der Waals surface area contributed by atoms with Crippen LogP contribution in [0.3, 0.4) is 0 Å². The second-order valence-corrected chi connectivity index (χ2v) is 5.49. The summed E-state index contributed by atoms with van der Waals surface area (Å²) in [5.74, 6) is 0.174. The molecule has 122 valence electrons. The van der Waals surface area contributed by atoms with E-state index >= 15 is 0 Å². The third kappa shape index (κ3) is 4.50. The van der Waals surface area contributed by atoms with Crippen molar-refractivity contribution in [3.05, 3.63) is 54.1 Å². The molecule has 1 fully saturated rings. The lowest BCUT2D eigenvalue weighted by atomic mass is 10.0. The Morgan fingerprint density at radius 2 is 1.74 bits per heavy atom. The molecular formula is C18H19F2NO2. The monoisotopic (exact) mass is 319 g/mol. The molecule has 1 heterocycles. The summed E-state index contributed by atoms with van der Waals surface area (Å²) in [5.41, 5.74) is 3.28. The maximum Gasteiger partial charge on any atom is 0.387 e. The molecule has 5 heteroatoms. The van der Waals surface area contributed by atoms with E-state index in [9.17, 15) is 8.78 Å².